The zero-order chi connectivity index (χ0) is 13.3. The second-order valence-corrected chi connectivity index (χ2v) is 5.30. The molecule has 2 rings (SSSR count). The molecule has 1 amide bonds. The Kier molecular flexibility index (Phi) is 3.65. The minimum absolute atomic E-state index is 0.0135. The summed E-state index contributed by atoms with van der Waals surface area (Å²) in [5.41, 5.74) is 0. The molecule has 1 aromatic rings. The molecule has 0 bridgehead atoms. The van der Waals surface area contributed by atoms with E-state index in [1.807, 2.05) is 20.8 Å². The molecule has 0 radical (unpaired) electrons. The fourth-order valence-electron chi connectivity index (χ4n) is 2.55. The maximum atomic E-state index is 12.6. The van der Waals surface area contributed by atoms with Crippen molar-refractivity contribution < 1.29 is 9.90 Å². The first-order valence-corrected chi connectivity index (χ1v) is 6.35. The summed E-state index contributed by atoms with van der Waals surface area (Å²) in [6.45, 7) is 6.35. The minimum Gasteiger partial charge on any atom is -0.391 e. The van der Waals surface area contributed by atoms with E-state index in [9.17, 15) is 9.90 Å². The van der Waals surface area contributed by atoms with Crippen LogP contribution in [0.5, 0.6) is 0 Å². The van der Waals surface area contributed by atoms with Crippen molar-refractivity contribution in [2.45, 2.75) is 45.4 Å². The van der Waals surface area contributed by atoms with Gasteiger partial charge in [0.2, 0.25) is 5.91 Å². The van der Waals surface area contributed by atoms with Crippen LogP contribution in [0.25, 0.3) is 0 Å². The summed E-state index contributed by atoms with van der Waals surface area (Å²) in [6, 6.07) is -0.266. The number of hydrogen-bond donors (Lipinski definition) is 1. The molecule has 1 aliphatic heterocycles. The Morgan fingerprint density at radius 3 is 2.67 bits per heavy atom. The lowest BCUT2D eigenvalue weighted by Crippen LogP contribution is -2.41. The molecule has 6 nitrogen and oxygen atoms in total. The number of aliphatic hydroxyl groups is 1. The van der Waals surface area contributed by atoms with Gasteiger partial charge in [0.25, 0.3) is 0 Å². The van der Waals surface area contributed by atoms with Gasteiger partial charge in [0.15, 0.2) is 0 Å². The van der Waals surface area contributed by atoms with Crippen LogP contribution in [-0.4, -0.2) is 49.6 Å². The average molecular weight is 252 g/mol. The molecule has 1 fully saturated rings. The van der Waals surface area contributed by atoms with Gasteiger partial charge in [-0.2, -0.15) is 0 Å². The van der Waals surface area contributed by atoms with Gasteiger partial charge < -0.3 is 10.0 Å². The Morgan fingerprint density at radius 2 is 2.22 bits per heavy atom. The number of nitrogens with zero attached hydrogens (tertiary/aromatic N) is 4. The van der Waals surface area contributed by atoms with Crippen LogP contribution in [-0.2, 0) is 4.79 Å². The first-order valence-electron chi connectivity index (χ1n) is 6.35. The number of carbonyl (C=O) groups is 1. The summed E-state index contributed by atoms with van der Waals surface area (Å²) in [5.74, 6) is 0.142. The maximum Gasteiger partial charge on any atom is 0.248 e. The van der Waals surface area contributed by atoms with E-state index < -0.39 is 6.10 Å². The highest BCUT2D eigenvalue weighted by atomic mass is 16.3. The van der Waals surface area contributed by atoms with Crippen LogP contribution in [0.15, 0.2) is 12.4 Å². The molecule has 6 heteroatoms. The van der Waals surface area contributed by atoms with E-state index in [-0.39, 0.29) is 23.9 Å². The molecule has 1 aliphatic rings. The lowest BCUT2D eigenvalue weighted by Gasteiger charge is -2.28. The van der Waals surface area contributed by atoms with Crippen LogP contribution in [0.4, 0.5) is 0 Å². The highest BCUT2D eigenvalue weighted by molar-refractivity contribution is 5.81. The van der Waals surface area contributed by atoms with Crippen molar-refractivity contribution in [1.29, 1.82) is 0 Å². The molecule has 1 aromatic heterocycles. The third-order valence-corrected chi connectivity index (χ3v) is 3.45. The van der Waals surface area contributed by atoms with Crippen molar-refractivity contribution in [1.82, 2.24) is 19.9 Å². The molecule has 1 N–H and O–H groups in total. The highest BCUT2D eigenvalue weighted by Crippen LogP contribution is 2.25. The summed E-state index contributed by atoms with van der Waals surface area (Å²) >= 11 is 0. The molecule has 0 spiro atoms. The van der Waals surface area contributed by atoms with Gasteiger partial charge in [-0.25, -0.2) is 4.68 Å². The molecule has 3 atom stereocenters. The Bertz CT molecular complexity index is 404. The number of hydrogen-bond acceptors (Lipinski definition) is 4. The summed E-state index contributed by atoms with van der Waals surface area (Å²) in [4.78, 5) is 14.3. The van der Waals surface area contributed by atoms with Gasteiger partial charge in [-0.3, -0.25) is 4.79 Å². The van der Waals surface area contributed by atoms with Gasteiger partial charge >= 0.3 is 0 Å². The quantitative estimate of drug-likeness (QED) is 0.848. The molecule has 3 unspecified atom stereocenters. The fraction of sp³-hybridized carbons (Fsp3) is 0.750. The van der Waals surface area contributed by atoms with E-state index in [1.54, 1.807) is 22.0 Å². The van der Waals surface area contributed by atoms with Gasteiger partial charge in [-0.05, 0) is 19.3 Å². The second-order valence-electron chi connectivity index (χ2n) is 5.30. The molecular weight excluding hydrogens is 232 g/mol. The van der Waals surface area contributed by atoms with Crippen LogP contribution in [0.3, 0.4) is 0 Å². The van der Waals surface area contributed by atoms with Gasteiger partial charge in [0, 0.05) is 18.8 Å². The van der Waals surface area contributed by atoms with Crippen molar-refractivity contribution in [3.05, 3.63) is 12.4 Å². The van der Waals surface area contributed by atoms with E-state index in [0.717, 1.165) is 0 Å². The van der Waals surface area contributed by atoms with Gasteiger partial charge in [0.1, 0.15) is 6.04 Å². The largest absolute Gasteiger partial charge is 0.391 e. The van der Waals surface area contributed by atoms with E-state index in [2.05, 4.69) is 10.3 Å². The fourth-order valence-corrected chi connectivity index (χ4v) is 2.55. The minimum atomic E-state index is -0.410. The Labute approximate surface area is 107 Å². The SMILES string of the molecule is CC(C)C(C(=O)N1CC(O)CC1C)n1ccnn1. The van der Waals surface area contributed by atoms with Gasteiger partial charge in [-0.1, -0.05) is 19.1 Å². The predicted molar refractivity (Wildman–Crippen MR) is 65.7 cm³/mol. The lowest BCUT2D eigenvalue weighted by molar-refractivity contribution is -0.137. The number of β-amino-alcohol motifs (C(OH)–C–C–N with tert-alkyl or cyclic N) is 1. The Hall–Kier alpha value is -1.43. The predicted octanol–water partition coefficient (Wildman–Crippen LogP) is 0.457. The smallest absolute Gasteiger partial charge is 0.248 e. The number of aromatic nitrogens is 3. The van der Waals surface area contributed by atoms with Crippen molar-refractivity contribution in [2.75, 3.05) is 6.54 Å². The second kappa shape index (κ2) is 5.06. The van der Waals surface area contributed by atoms with Crippen LogP contribution in [0.2, 0.25) is 0 Å². The molecule has 2 heterocycles. The lowest BCUT2D eigenvalue weighted by atomic mass is 10.0. The van der Waals surface area contributed by atoms with Gasteiger partial charge in [0.05, 0.1) is 12.3 Å². The van der Waals surface area contributed by atoms with E-state index in [1.165, 1.54) is 0 Å². The number of rotatable bonds is 3. The van der Waals surface area contributed by atoms with Crippen LogP contribution < -0.4 is 0 Å². The molecule has 100 valence electrons. The zero-order valence-electron chi connectivity index (χ0n) is 11.0. The van der Waals surface area contributed by atoms with Crippen molar-refractivity contribution in [2.24, 2.45) is 5.92 Å². The summed E-state index contributed by atoms with van der Waals surface area (Å²) in [6.07, 6.45) is 3.52. The first-order chi connectivity index (χ1) is 8.50. The first kappa shape index (κ1) is 13.0. The molecule has 18 heavy (non-hydrogen) atoms. The summed E-state index contributed by atoms with van der Waals surface area (Å²) in [5, 5.41) is 17.3. The summed E-state index contributed by atoms with van der Waals surface area (Å²) in [7, 11) is 0. The number of amides is 1. The number of aliphatic hydroxyl groups excluding tert-OH is 1. The van der Waals surface area contributed by atoms with Crippen molar-refractivity contribution in [3.63, 3.8) is 0 Å². The third kappa shape index (κ3) is 2.38. The molecule has 1 saturated heterocycles. The molecule has 0 saturated carbocycles. The molecular formula is C12H20N4O2. The third-order valence-electron chi connectivity index (χ3n) is 3.45. The summed E-state index contributed by atoms with van der Waals surface area (Å²) < 4.78 is 1.60. The monoisotopic (exact) mass is 252 g/mol. The van der Waals surface area contributed by atoms with Crippen LogP contribution in [0, 0.1) is 5.92 Å². The highest BCUT2D eigenvalue weighted by Gasteiger charge is 2.37. The van der Waals surface area contributed by atoms with Crippen molar-refractivity contribution >= 4 is 5.91 Å². The van der Waals surface area contributed by atoms with E-state index in [4.69, 9.17) is 0 Å². The average Bonchev–Trinajstić information content (AvgIpc) is 2.88. The van der Waals surface area contributed by atoms with E-state index >= 15 is 0 Å². The van der Waals surface area contributed by atoms with Gasteiger partial charge in [-0.15, -0.1) is 5.10 Å². The van der Waals surface area contributed by atoms with Crippen LogP contribution >= 0.6 is 0 Å². The number of likely N-dealkylation sites (tertiary alicyclic amines) is 1. The molecule has 0 aromatic carbocycles. The maximum absolute atomic E-state index is 12.6. The zero-order valence-corrected chi connectivity index (χ0v) is 11.0. The normalized spacial score (nSPS) is 25.7. The molecule has 0 aliphatic carbocycles. The number of carbonyl (C=O) groups excluding carboxylic acids is 1. The van der Waals surface area contributed by atoms with Crippen molar-refractivity contribution in [3.8, 4) is 0 Å². The topological polar surface area (TPSA) is 71.2 Å². The standard InChI is InChI=1S/C12H20N4O2/c1-8(2)11(16-5-4-13-14-16)12(18)15-7-10(17)6-9(15)3/h4-5,8-11,17H,6-7H2,1-3H3. The van der Waals surface area contributed by atoms with Crippen LogP contribution in [0.1, 0.15) is 33.2 Å². The Balaban J connectivity index is 2.19. The Morgan fingerprint density at radius 1 is 1.50 bits per heavy atom. The van der Waals surface area contributed by atoms with E-state index in [0.29, 0.717) is 13.0 Å².